The minimum atomic E-state index is -0.541. The standard InChI is InChI=1S/C10H10ClFO2/c1-6-3-7(9(13)5-11)4-8(12)10(6)14-2/h3-4H,5H2,1-2H3. The summed E-state index contributed by atoms with van der Waals surface area (Å²) >= 11 is 5.36. The van der Waals surface area contributed by atoms with Crippen LogP contribution in [0.2, 0.25) is 0 Å². The zero-order valence-electron chi connectivity index (χ0n) is 7.93. The van der Waals surface area contributed by atoms with E-state index in [1.165, 1.54) is 7.11 Å². The highest BCUT2D eigenvalue weighted by Gasteiger charge is 2.12. The number of halogens is 2. The lowest BCUT2D eigenvalue weighted by molar-refractivity contribution is 0.102. The fourth-order valence-electron chi connectivity index (χ4n) is 1.23. The Labute approximate surface area is 86.6 Å². The SMILES string of the molecule is COc1c(C)cc(C(=O)CCl)cc1F. The molecule has 14 heavy (non-hydrogen) atoms. The van der Waals surface area contributed by atoms with Gasteiger partial charge in [0.1, 0.15) is 0 Å². The number of carbonyl (C=O) groups excluding carboxylic acids is 1. The van der Waals surface area contributed by atoms with Gasteiger partial charge in [-0.15, -0.1) is 11.6 Å². The van der Waals surface area contributed by atoms with Crippen molar-refractivity contribution in [1.82, 2.24) is 0 Å². The van der Waals surface area contributed by atoms with Crippen molar-refractivity contribution >= 4 is 17.4 Å². The van der Waals surface area contributed by atoms with Gasteiger partial charge in [-0.3, -0.25) is 4.79 Å². The van der Waals surface area contributed by atoms with Crippen molar-refractivity contribution < 1.29 is 13.9 Å². The van der Waals surface area contributed by atoms with E-state index in [0.29, 0.717) is 5.56 Å². The van der Waals surface area contributed by atoms with Crippen LogP contribution in [0.3, 0.4) is 0 Å². The molecule has 0 bridgehead atoms. The maximum absolute atomic E-state index is 13.3. The van der Waals surface area contributed by atoms with Gasteiger partial charge < -0.3 is 4.74 Å². The summed E-state index contributed by atoms with van der Waals surface area (Å²) in [6.45, 7) is 1.67. The summed E-state index contributed by atoms with van der Waals surface area (Å²) < 4.78 is 18.1. The molecule has 0 aliphatic heterocycles. The van der Waals surface area contributed by atoms with Crippen LogP contribution in [0.25, 0.3) is 0 Å². The van der Waals surface area contributed by atoms with Crippen LogP contribution in [0.1, 0.15) is 15.9 Å². The van der Waals surface area contributed by atoms with E-state index in [9.17, 15) is 9.18 Å². The molecule has 0 aliphatic rings. The van der Waals surface area contributed by atoms with Crippen molar-refractivity contribution in [2.45, 2.75) is 6.92 Å². The van der Waals surface area contributed by atoms with Gasteiger partial charge in [0, 0.05) is 5.56 Å². The molecular weight excluding hydrogens is 207 g/mol. The van der Waals surface area contributed by atoms with E-state index < -0.39 is 5.82 Å². The Morgan fingerprint density at radius 2 is 2.21 bits per heavy atom. The van der Waals surface area contributed by atoms with Gasteiger partial charge in [-0.05, 0) is 24.6 Å². The largest absolute Gasteiger partial charge is 0.493 e. The van der Waals surface area contributed by atoms with Crippen LogP contribution in [-0.2, 0) is 0 Å². The monoisotopic (exact) mass is 216 g/mol. The zero-order valence-corrected chi connectivity index (χ0v) is 8.69. The highest BCUT2D eigenvalue weighted by molar-refractivity contribution is 6.30. The third kappa shape index (κ3) is 2.04. The summed E-state index contributed by atoms with van der Waals surface area (Å²) in [4.78, 5) is 11.2. The predicted octanol–water partition coefficient (Wildman–Crippen LogP) is 2.56. The topological polar surface area (TPSA) is 26.3 Å². The first-order valence-corrected chi connectivity index (χ1v) is 4.57. The Balaban J connectivity index is 3.20. The Bertz CT molecular complexity index is 340. The molecule has 0 saturated carbocycles. The molecule has 0 radical (unpaired) electrons. The number of carbonyl (C=O) groups is 1. The first-order chi connectivity index (χ1) is 6.60. The maximum Gasteiger partial charge on any atom is 0.177 e. The molecule has 1 rings (SSSR count). The van der Waals surface area contributed by atoms with Crippen molar-refractivity contribution in [2.24, 2.45) is 0 Å². The summed E-state index contributed by atoms with van der Waals surface area (Å²) in [6, 6.07) is 2.70. The molecule has 0 fully saturated rings. The molecule has 2 nitrogen and oxygen atoms in total. The van der Waals surface area contributed by atoms with Crippen LogP contribution in [-0.4, -0.2) is 18.8 Å². The summed E-state index contributed by atoms with van der Waals surface area (Å²) in [7, 11) is 1.38. The number of rotatable bonds is 3. The minimum Gasteiger partial charge on any atom is -0.493 e. The maximum atomic E-state index is 13.3. The minimum absolute atomic E-state index is 0.148. The zero-order chi connectivity index (χ0) is 10.7. The summed E-state index contributed by atoms with van der Waals surface area (Å²) in [5.41, 5.74) is 0.858. The van der Waals surface area contributed by atoms with Crippen molar-refractivity contribution in [3.8, 4) is 5.75 Å². The molecule has 1 aromatic carbocycles. The third-order valence-electron chi connectivity index (χ3n) is 1.88. The molecule has 0 spiro atoms. The average molecular weight is 217 g/mol. The van der Waals surface area contributed by atoms with E-state index in [4.69, 9.17) is 16.3 Å². The quantitative estimate of drug-likeness (QED) is 0.574. The van der Waals surface area contributed by atoms with Crippen LogP contribution >= 0.6 is 11.6 Å². The summed E-state index contributed by atoms with van der Waals surface area (Å²) in [5.74, 6) is -0.820. The van der Waals surface area contributed by atoms with Crippen molar-refractivity contribution in [3.05, 3.63) is 29.1 Å². The van der Waals surface area contributed by atoms with E-state index >= 15 is 0 Å². The number of alkyl halides is 1. The van der Waals surface area contributed by atoms with Gasteiger partial charge in [0.25, 0.3) is 0 Å². The van der Waals surface area contributed by atoms with Crippen LogP contribution in [0.5, 0.6) is 5.75 Å². The smallest absolute Gasteiger partial charge is 0.177 e. The van der Waals surface area contributed by atoms with Crippen LogP contribution in [0.4, 0.5) is 4.39 Å². The number of Topliss-reactive ketones (excluding diaryl/α,β-unsaturated/α-hetero) is 1. The molecule has 1 aromatic rings. The first-order valence-electron chi connectivity index (χ1n) is 4.03. The number of hydrogen-bond acceptors (Lipinski definition) is 2. The Morgan fingerprint density at radius 1 is 1.57 bits per heavy atom. The lowest BCUT2D eigenvalue weighted by Gasteiger charge is -2.07. The molecule has 0 N–H and O–H groups in total. The van der Waals surface area contributed by atoms with Gasteiger partial charge in [-0.1, -0.05) is 0 Å². The molecule has 0 amide bonds. The first kappa shape index (κ1) is 11.0. The fraction of sp³-hybridized carbons (Fsp3) is 0.300. The van der Waals surface area contributed by atoms with E-state index in [2.05, 4.69) is 0 Å². The summed E-state index contributed by atoms with van der Waals surface area (Å²) in [6.07, 6.45) is 0. The Hall–Kier alpha value is -1.09. The van der Waals surface area contributed by atoms with Gasteiger partial charge in [-0.2, -0.15) is 0 Å². The van der Waals surface area contributed by atoms with Crippen LogP contribution < -0.4 is 4.74 Å². The second kappa shape index (κ2) is 4.42. The number of ketones is 1. The van der Waals surface area contributed by atoms with E-state index in [1.807, 2.05) is 0 Å². The van der Waals surface area contributed by atoms with Crippen molar-refractivity contribution in [1.29, 1.82) is 0 Å². The number of aryl methyl sites for hydroxylation is 1. The van der Waals surface area contributed by atoms with Crippen molar-refractivity contribution in [3.63, 3.8) is 0 Å². The highest BCUT2D eigenvalue weighted by atomic mass is 35.5. The number of benzene rings is 1. The molecule has 0 unspecified atom stereocenters. The average Bonchev–Trinajstić information content (AvgIpc) is 2.16. The Kier molecular flexibility index (Phi) is 3.47. The number of hydrogen-bond donors (Lipinski definition) is 0. The molecule has 0 saturated heterocycles. The van der Waals surface area contributed by atoms with Crippen LogP contribution in [0, 0.1) is 12.7 Å². The van der Waals surface area contributed by atoms with Gasteiger partial charge in [0.05, 0.1) is 13.0 Å². The number of ether oxygens (including phenoxy) is 1. The van der Waals surface area contributed by atoms with Gasteiger partial charge >= 0.3 is 0 Å². The van der Waals surface area contributed by atoms with E-state index in [-0.39, 0.29) is 23.0 Å². The lowest BCUT2D eigenvalue weighted by atomic mass is 10.1. The Morgan fingerprint density at radius 3 is 2.64 bits per heavy atom. The molecule has 0 aliphatic carbocycles. The number of methoxy groups -OCH3 is 1. The van der Waals surface area contributed by atoms with E-state index in [1.54, 1.807) is 13.0 Å². The summed E-state index contributed by atoms with van der Waals surface area (Å²) in [5, 5.41) is 0. The normalized spacial score (nSPS) is 10.0. The van der Waals surface area contributed by atoms with Gasteiger partial charge in [0.2, 0.25) is 0 Å². The second-order valence-corrected chi connectivity index (χ2v) is 3.13. The fourth-order valence-corrected chi connectivity index (χ4v) is 1.38. The van der Waals surface area contributed by atoms with Gasteiger partial charge in [-0.25, -0.2) is 4.39 Å². The van der Waals surface area contributed by atoms with Gasteiger partial charge in [0.15, 0.2) is 17.3 Å². The molecule has 0 atom stereocenters. The lowest BCUT2D eigenvalue weighted by Crippen LogP contribution is -2.03. The second-order valence-electron chi connectivity index (χ2n) is 2.87. The molecule has 0 aromatic heterocycles. The molecular formula is C10H10ClFO2. The van der Waals surface area contributed by atoms with E-state index in [0.717, 1.165) is 6.07 Å². The van der Waals surface area contributed by atoms with Crippen molar-refractivity contribution in [2.75, 3.05) is 13.0 Å². The predicted molar refractivity (Wildman–Crippen MR) is 52.7 cm³/mol. The molecule has 76 valence electrons. The van der Waals surface area contributed by atoms with Crippen LogP contribution in [0.15, 0.2) is 12.1 Å². The molecule has 0 heterocycles. The third-order valence-corrected chi connectivity index (χ3v) is 2.12. The molecule has 4 heteroatoms. The highest BCUT2D eigenvalue weighted by Crippen LogP contribution is 2.23.